The Bertz CT molecular complexity index is 291. The molecule has 20 heavy (non-hydrogen) atoms. The van der Waals surface area contributed by atoms with Crippen LogP contribution in [0.4, 0.5) is 0 Å². The third-order valence-electron chi connectivity index (χ3n) is 5.66. The third-order valence-corrected chi connectivity index (χ3v) is 5.66. The summed E-state index contributed by atoms with van der Waals surface area (Å²) >= 11 is 0. The van der Waals surface area contributed by atoms with Gasteiger partial charge in [-0.15, -0.1) is 0 Å². The molecule has 3 heteroatoms. The van der Waals surface area contributed by atoms with Crippen molar-refractivity contribution in [3.8, 4) is 0 Å². The topological polar surface area (TPSA) is 15.7 Å². The van der Waals surface area contributed by atoms with Gasteiger partial charge >= 0.3 is 0 Å². The summed E-state index contributed by atoms with van der Waals surface area (Å²) in [5.41, 5.74) is 0. The molecular formula is C17H32N2O. The van der Waals surface area contributed by atoms with E-state index in [0.717, 1.165) is 25.2 Å². The molecule has 0 spiro atoms. The second kappa shape index (κ2) is 7.24. The van der Waals surface area contributed by atoms with E-state index in [-0.39, 0.29) is 0 Å². The highest BCUT2D eigenvalue weighted by atomic mass is 16.5. The quantitative estimate of drug-likeness (QED) is 0.770. The molecular weight excluding hydrogens is 248 g/mol. The van der Waals surface area contributed by atoms with E-state index in [1.165, 1.54) is 71.0 Å². The summed E-state index contributed by atoms with van der Waals surface area (Å²) in [6, 6.07) is 1.60. The van der Waals surface area contributed by atoms with Crippen LogP contribution in [0.25, 0.3) is 0 Å². The molecule has 0 N–H and O–H groups in total. The normalized spacial score (nSPS) is 33.5. The van der Waals surface area contributed by atoms with Crippen molar-refractivity contribution in [1.82, 2.24) is 9.80 Å². The predicted molar refractivity (Wildman–Crippen MR) is 83.1 cm³/mol. The van der Waals surface area contributed by atoms with Gasteiger partial charge in [-0.05, 0) is 38.6 Å². The third kappa shape index (κ3) is 3.55. The highest BCUT2D eigenvalue weighted by molar-refractivity contribution is 4.91. The van der Waals surface area contributed by atoms with Gasteiger partial charge in [-0.1, -0.05) is 26.2 Å². The largest absolute Gasteiger partial charge is 0.377 e. The van der Waals surface area contributed by atoms with E-state index in [2.05, 4.69) is 16.7 Å². The molecule has 3 fully saturated rings. The van der Waals surface area contributed by atoms with E-state index >= 15 is 0 Å². The summed E-state index contributed by atoms with van der Waals surface area (Å²) in [5.74, 6) is 0. The van der Waals surface area contributed by atoms with Gasteiger partial charge in [0, 0.05) is 31.7 Å². The number of rotatable bonds is 5. The average molecular weight is 280 g/mol. The van der Waals surface area contributed by atoms with Crippen molar-refractivity contribution in [2.45, 2.75) is 76.5 Å². The lowest BCUT2D eigenvalue weighted by molar-refractivity contribution is -0.0113. The van der Waals surface area contributed by atoms with Crippen LogP contribution in [0.15, 0.2) is 0 Å². The number of nitrogens with zero attached hydrogens (tertiary/aromatic N) is 2. The Hall–Kier alpha value is -0.120. The lowest BCUT2D eigenvalue weighted by Crippen LogP contribution is -2.56. The van der Waals surface area contributed by atoms with Crippen molar-refractivity contribution in [3.63, 3.8) is 0 Å². The fourth-order valence-corrected chi connectivity index (χ4v) is 4.38. The van der Waals surface area contributed by atoms with Crippen molar-refractivity contribution < 1.29 is 4.74 Å². The molecule has 3 nitrogen and oxygen atoms in total. The van der Waals surface area contributed by atoms with Crippen molar-refractivity contribution >= 4 is 0 Å². The first-order valence-corrected chi connectivity index (χ1v) is 8.96. The van der Waals surface area contributed by atoms with Gasteiger partial charge in [0.25, 0.3) is 0 Å². The summed E-state index contributed by atoms with van der Waals surface area (Å²) in [6.07, 6.45) is 11.4. The van der Waals surface area contributed by atoms with Crippen LogP contribution in [-0.4, -0.2) is 60.8 Å². The maximum Gasteiger partial charge on any atom is 0.0597 e. The van der Waals surface area contributed by atoms with Gasteiger partial charge in [0.2, 0.25) is 0 Å². The second-order valence-electron chi connectivity index (χ2n) is 6.98. The predicted octanol–water partition coefficient (Wildman–Crippen LogP) is 2.89. The zero-order valence-corrected chi connectivity index (χ0v) is 13.2. The smallest absolute Gasteiger partial charge is 0.0597 e. The van der Waals surface area contributed by atoms with Crippen molar-refractivity contribution in [1.29, 1.82) is 0 Å². The molecule has 1 aliphatic carbocycles. The fourth-order valence-electron chi connectivity index (χ4n) is 4.38. The Balaban J connectivity index is 1.43. The number of hydrogen-bond acceptors (Lipinski definition) is 3. The molecule has 3 rings (SSSR count). The molecule has 2 heterocycles. The van der Waals surface area contributed by atoms with Crippen LogP contribution >= 0.6 is 0 Å². The van der Waals surface area contributed by atoms with Crippen LogP contribution < -0.4 is 0 Å². The molecule has 116 valence electrons. The van der Waals surface area contributed by atoms with Gasteiger partial charge in [0.1, 0.15) is 0 Å². The van der Waals surface area contributed by atoms with Gasteiger partial charge in [-0.3, -0.25) is 9.80 Å². The highest BCUT2D eigenvalue weighted by Gasteiger charge is 2.35. The van der Waals surface area contributed by atoms with Crippen molar-refractivity contribution in [2.75, 3.05) is 32.8 Å². The van der Waals surface area contributed by atoms with E-state index < -0.39 is 0 Å². The van der Waals surface area contributed by atoms with Crippen LogP contribution in [-0.2, 0) is 4.74 Å². The Morgan fingerprint density at radius 1 is 1.00 bits per heavy atom. The number of piperazine rings is 1. The maximum atomic E-state index is 6.13. The average Bonchev–Trinajstić information content (AvgIpc) is 2.94. The summed E-state index contributed by atoms with van der Waals surface area (Å²) in [5, 5.41) is 0. The van der Waals surface area contributed by atoms with Gasteiger partial charge in [-0.25, -0.2) is 0 Å². The SMILES string of the molecule is CCC1CN2CCCC2CN1CCOC1CCCCC1. The number of ether oxygens (including phenoxy) is 1. The molecule has 0 amide bonds. The molecule has 0 aromatic carbocycles. The first kappa shape index (κ1) is 14.8. The zero-order valence-electron chi connectivity index (χ0n) is 13.2. The molecule has 0 bridgehead atoms. The van der Waals surface area contributed by atoms with Gasteiger partial charge in [-0.2, -0.15) is 0 Å². The van der Waals surface area contributed by atoms with E-state index in [4.69, 9.17) is 4.74 Å². The molecule has 0 radical (unpaired) electrons. The molecule has 2 saturated heterocycles. The Labute approximate surface area is 124 Å². The molecule has 0 aromatic heterocycles. The lowest BCUT2D eigenvalue weighted by Gasteiger charge is -2.43. The van der Waals surface area contributed by atoms with Crippen LogP contribution in [0, 0.1) is 0 Å². The monoisotopic (exact) mass is 280 g/mol. The minimum atomic E-state index is 0.566. The molecule has 2 atom stereocenters. The first-order chi connectivity index (χ1) is 9.86. The lowest BCUT2D eigenvalue weighted by atomic mass is 9.98. The van der Waals surface area contributed by atoms with E-state index in [1.54, 1.807) is 0 Å². The molecule has 3 aliphatic rings. The molecule has 1 saturated carbocycles. The Morgan fingerprint density at radius 2 is 1.85 bits per heavy atom. The van der Waals surface area contributed by atoms with E-state index in [9.17, 15) is 0 Å². The zero-order chi connectivity index (χ0) is 13.8. The summed E-state index contributed by atoms with van der Waals surface area (Å²) in [4.78, 5) is 5.45. The fraction of sp³-hybridized carbons (Fsp3) is 1.00. The maximum absolute atomic E-state index is 6.13. The number of hydrogen-bond donors (Lipinski definition) is 0. The molecule has 0 aromatic rings. The van der Waals surface area contributed by atoms with Crippen LogP contribution in [0.1, 0.15) is 58.3 Å². The molecule has 2 unspecified atom stereocenters. The van der Waals surface area contributed by atoms with Gasteiger partial charge in [0.15, 0.2) is 0 Å². The van der Waals surface area contributed by atoms with E-state index in [0.29, 0.717) is 6.10 Å². The minimum absolute atomic E-state index is 0.566. The van der Waals surface area contributed by atoms with Gasteiger partial charge < -0.3 is 4.74 Å². The Morgan fingerprint density at radius 3 is 2.65 bits per heavy atom. The van der Waals surface area contributed by atoms with E-state index in [1.807, 2.05) is 0 Å². The number of fused-ring (bicyclic) bond motifs is 1. The molecule has 2 aliphatic heterocycles. The first-order valence-electron chi connectivity index (χ1n) is 8.96. The Kier molecular flexibility index (Phi) is 5.36. The summed E-state index contributed by atoms with van der Waals surface area (Å²) in [6.45, 7) is 8.37. The van der Waals surface area contributed by atoms with Crippen molar-refractivity contribution in [2.24, 2.45) is 0 Å². The summed E-state index contributed by atoms with van der Waals surface area (Å²) < 4.78 is 6.13. The van der Waals surface area contributed by atoms with Crippen LogP contribution in [0.5, 0.6) is 0 Å². The van der Waals surface area contributed by atoms with Gasteiger partial charge in [0.05, 0.1) is 12.7 Å². The van der Waals surface area contributed by atoms with Crippen LogP contribution in [0.2, 0.25) is 0 Å². The highest BCUT2D eigenvalue weighted by Crippen LogP contribution is 2.26. The second-order valence-corrected chi connectivity index (χ2v) is 6.98. The van der Waals surface area contributed by atoms with Crippen molar-refractivity contribution in [3.05, 3.63) is 0 Å². The summed E-state index contributed by atoms with van der Waals surface area (Å²) in [7, 11) is 0. The minimum Gasteiger partial charge on any atom is -0.377 e. The van der Waals surface area contributed by atoms with Crippen LogP contribution in [0.3, 0.4) is 0 Å². The standard InChI is InChI=1S/C17H32N2O/c1-2-15-13-18-10-6-7-16(18)14-19(15)11-12-20-17-8-4-3-5-9-17/h15-17H,2-14H2,1H3.